The summed E-state index contributed by atoms with van der Waals surface area (Å²) in [4.78, 5) is 24.3. The van der Waals surface area contributed by atoms with Crippen molar-refractivity contribution in [3.05, 3.63) is 77.8 Å². The van der Waals surface area contributed by atoms with Crippen LogP contribution in [-0.4, -0.2) is 55.4 Å². The molecule has 12 heteroatoms. The van der Waals surface area contributed by atoms with Crippen LogP contribution in [0.15, 0.2) is 70.1 Å². The molecule has 4 aromatic rings. The van der Waals surface area contributed by atoms with E-state index in [2.05, 4.69) is 15.4 Å². The van der Waals surface area contributed by atoms with Crippen molar-refractivity contribution in [2.24, 2.45) is 0 Å². The molecular formula is C30H31N5O6S. The number of aromatic nitrogens is 3. The lowest BCUT2D eigenvalue weighted by Gasteiger charge is -2.34. The van der Waals surface area contributed by atoms with Gasteiger partial charge in [0.05, 0.1) is 30.6 Å². The molecule has 2 aromatic heterocycles. The van der Waals surface area contributed by atoms with Gasteiger partial charge in [0.2, 0.25) is 0 Å². The van der Waals surface area contributed by atoms with Crippen LogP contribution in [0.25, 0.3) is 11.4 Å². The molecule has 1 saturated carbocycles. The second kappa shape index (κ2) is 10.8. The van der Waals surface area contributed by atoms with E-state index in [4.69, 9.17) is 24.0 Å². The molecule has 1 atom stereocenters. The van der Waals surface area contributed by atoms with Crippen molar-refractivity contribution in [1.82, 2.24) is 15.1 Å². The van der Waals surface area contributed by atoms with Crippen LogP contribution in [0.3, 0.4) is 0 Å². The van der Waals surface area contributed by atoms with Gasteiger partial charge in [-0.1, -0.05) is 23.4 Å². The average Bonchev–Trinajstić information content (AvgIpc) is 3.73. The predicted octanol–water partition coefficient (Wildman–Crippen LogP) is 5.05. The Morgan fingerprint density at radius 2 is 1.81 bits per heavy atom. The number of rotatable bonds is 7. The van der Waals surface area contributed by atoms with Gasteiger partial charge in [-0.3, -0.25) is 5.32 Å². The molecule has 2 aromatic carbocycles. The number of carbonyl (C=O) groups excluding carboxylic acids is 1. The van der Waals surface area contributed by atoms with Crippen molar-refractivity contribution < 1.29 is 27.2 Å². The van der Waals surface area contributed by atoms with Crippen LogP contribution in [-0.2, 0) is 19.3 Å². The van der Waals surface area contributed by atoms with Gasteiger partial charge in [0.1, 0.15) is 21.2 Å². The third-order valence-electron chi connectivity index (χ3n) is 7.64. The molecule has 1 saturated heterocycles. The molecule has 0 bridgehead atoms. The Bertz CT molecular complexity index is 1700. The number of nitrogens with zero attached hydrogens (tertiary/aromatic N) is 4. The zero-order chi connectivity index (χ0) is 29.5. The number of morpholine rings is 1. The van der Waals surface area contributed by atoms with Crippen LogP contribution in [0.2, 0.25) is 0 Å². The van der Waals surface area contributed by atoms with Crippen molar-refractivity contribution in [2.75, 3.05) is 30.0 Å². The van der Waals surface area contributed by atoms with E-state index >= 15 is 0 Å². The van der Waals surface area contributed by atoms with E-state index in [-0.39, 0.29) is 16.7 Å². The average molecular weight is 590 g/mol. The lowest BCUT2D eigenvalue weighted by Crippen LogP contribution is -2.44. The molecule has 218 valence electrons. The fourth-order valence-electron chi connectivity index (χ4n) is 5.28. The molecule has 6 rings (SSSR count). The van der Waals surface area contributed by atoms with Gasteiger partial charge in [-0.05, 0) is 70.0 Å². The van der Waals surface area contributed by atoms with Crippen molar-refractivity contribution in [3.63, 3.8) is 0 Å². The molecule has 1 aliphatic carbocycles. The Labute approximate surface area is 243 Å². The number of ether oxygens (including phenoxy) is 2. The van der Waals surface area contributed by atoms with E-state index in [1.54, 1.807) is 68.4 Å². The molecule has 3 heterocycles. The minimum atomic E-state index is -3.86. The first-order chi connectivity index (χ1) is 20.2. The first-order valence-electron chi connectivity index (χ1n) is 13.7. The lowest BCUT2D eigenvalue weighted by molar-refractivity contribution is 0.0985. The highest BCUT2D eigenvalue weighted by Crippen LogP contribution is 2.56. The summed E-state index contributed by atoms with van der Waals surface area (Å²) >= 11 is 0. The molecular weight excluding hydrogens is 558 g/mol. The van der Waals surface area contributed by atoms with Gasteiger partial charge in [-0.2, -0.15) is 0 Å². The summed E-state index contributed by atoms with van der Waals surface area (Å²) in [5, 5.41) is 6.60. The van der Waals surface area contributed by atoms with Gasteiger partial charge >= 0.3 is 6.09 Å². The largest absolute Gasteiger partial charge is 0.417 e. The fraction of sp³-hybridized carbons (Fsp3) is 0.333. The van der Waals surface area contributed by atoms with Crippen molar-refractivity contribution in [2.45, 2.75) is 49.3 Å². The summed E-state index contributed by atoms with van der Waals surface area (Å²) in [5.41, 5.74) is 1.97. The Morgan fingerprint density at radius 3 is 2.45 bits per heavy atom. The normalized spacial score (nSPS) is 18.0. The number of benzene rings is 2. The number of amides is 1. The minimum Gasteiger partial charge on any atom is -0.410 e. The summed E-state index contributed by atoms with van der Waals surface area (Å²) in [5.74, 6) is 1.73. The zero-order valence-electron chi connectivity index (χ0n) is 23.5. The van der Waals surface area contributed by atoms with Gasteiger partial charge in [0.25, 0.3) is 0 Å². The maximum Gasteiger partial charge on any atom is 0.417 e. The molecule has 11 nitrogen and oxygen atoms in total. The van der Waals surface area contributed by atoms with E-state index in [9.17, 15) is 13.2 Å². The first kappa shape index (κ1) is 27.9. The molecule has 2 aliphatic rings. The first-order valence-corrected chi connectivity index (χ1v) is 15.2. The molecule has 2 fully saturated rings. The van der Waals surface area contributed by atoms with Gasteiger partial charge in [-0.25, -0.2) is 23.2 Å². The second-order valence-corrected chi connectivity index (χ2v) is 12.8. The summed E-state index contributed by atoms with van der Waals surface area (Å²) < 4.78 is 43.1. The van der Waals surface area contributed by atoms with Crippen molar-refractivity contribution in [1.29, 1.82) is 0 Å². The third-order valence-corrected chi connectivity index (χ3v) is 10.4. The zero-order valence-corrected chi connectivity index (χ0v) is 24.3. The van der Waals surface area contributed by atoms with E-state index < -0.39 is 20.7 Å². The van der Waals surface area contributed by atoms with Crippen LogP contribution < -0.4 is 15.0 Å². The SMILES string of the molecule is Cc1noc(C)c1S(=O)(=O)C1(c2cc(N3CCOC[C@@H]3C)nc(-c3ccc(NC(=O)Oc4ccccc4)cc3)n2)CC1. The molecule has 1 amide bonds. The smallest absolute Gasteiger partial charge is 0.410 e. The number of sulfone groups is 1. The van der Waals surface area contributed by atoms with Crippen molar-refractivity contribution >= 4 is 27.4 Å². The van der Waals surface area contributed by atoms with E-state index in [0.29, 0.717) is 72.6 Å². The molecule has 1 aliphatic heterocycles. The highest BCUT2D eigenvalue weighted by Gasteiger charge is 2.59. The molecule has 0 spiro atoms. The number of aryl methyl sites for hydroxylation is 2. The quantitative estimate of drug-likeness (QED) is 0.312. The fourth-order valence-corrected chi connectivity index (χ4v) is 7.53. The second-order valence-electron chi connectivity index (χ2n) is 10.6. The van der Waals surface area contributed by atoms with Crippen LogP contribution >= 0.6 is 0 Å². The van der Waals surface area contributed by atoms with Crippen LogP contribution in [0.1, 0.15) is 36.9 Å². The van der Waals surface area contributed by atoms with Gasteiger partial charge in [0.15, 0.2) is 21.4 Å². The Kier molecular flexibility index (Phi) is 7.19. The maximum atomic E-state index is 14.1. The number of para-hydroxylation sites is 1. The van der Waals surface area contributed by atoms with Crippen LogP contribution in [0.4, 0.5) is 16.3 Å². The third kappa shape index (κ3) is 5.12. The maximum absolute atomic E-state index is 14.1. The number of nitrogens with one attached hydrogen (secondary N) is 1. The Balaban J connectivity index is 1.35. The monoisotopic (exact) mass is 589 g/mol. The summed E-state index contributed by atoms with van der Waals surface area (Å²) in [6, 6.07) is 17.6. The van der Waals surface area contributed by atoms with Gasteiger partial charge in [-0.15, -0.1) is 0 Å². The standard InChI is InChI=1S/C30H31N5O6S/c1-19-18-39-16-15-35(19)26-17-25(30(13-14-30)42(37,38)27-20(2)34-41-21(27)3)32-28(33-26)22-9-11-23(12-10-22)31-29(36)40-24-7-5-4-6-8-24/h4-12,17,19H,13-16,18H2,1-3H3,(H,31,36)/t19-/m0/s1. The topological polar surface area (TPSA) is 137 Å². The number of anilines is 2. The van der Waals surface area contributed by atoms with Gasteiger partial charge in [0, 0.05) is 23.9 Å². The van der Waals surface area contributed by atoms with Crippen molar-refractivity contribution in [3.8, 4) is 17.1 Å². The minimum absolute atomic E-state index is 0.0471. The Morgan fingerprint density at radius 1 is 1.07 bits per heavy atom. The van der Waals surface area contributed by atoms with E-state index in [1.807, 2.05) is 13.0 Å². The molecule has 1 N–H and O–H groups in total. The van der Waals surface area contributed by atoms with E-state index in [1.165, 1.54) is 0 Å². The highest BCUT2D eigenvalue weighted by molar-refractivity contribution is 7.92. The number of carbonyl (C=O) groups is 1. The Hall–Kier alpha value is -4.29. The summed E-state index contributed by atoms with van der Waals surface area (Å²) in [7, 11) is -3.86. The number of hydrogen-bond donors (Lipinski definition) is 1. The van der Waals surface area contributed by atoms with E-state index in [0.717, 1.165) is 0 Å². The number of hydrogen-bond acceptors (Lipinski definition) is 10. The van der Waals surface area contributed by atoms with Crippen LogP contribution in [0, 0.1) is 13.8 Å². The predicted molar refractivity (Wildman–Crippen MR) is 155 cm³/mol. The van der Waals surface area contributed by atoms with Crippen LogP contribution in [0.5, 0.6) is 5.75 Å². The highest BCUT2D eigenvalue weighted by atomic mass is 32.2. The molecule has 42 heavy (non-hydrogen) atoms. The lowest BCUT2D eigenvalue weighted by atomic mass is 10.1. The van der Waals surface area contributed by atoms with Gasteiger partial charge < -0.3 is 18.9 Å². The summed E-state index contributed by atoms with van der Waals surface area (Å²) in [6.45, 7) is 6.99. The molecule has 0 unspecified atom stereocenters. The molecule has 0 radical (unpaired) electrons. The summed E-state index contributed by atoms with van der Waals surface area (Å²) in [6.07, 6.45) is 0.247.